The van der Waals surface area contributed by atoms with E-state index in [0.29, 0.717) is 6.54 Å². The molecule has 0 atom stereocenters. The van der Waals surface area contributed by atoms with Crippen LogP contribution < -0.4 is 11.0 Å². The molecule has 1 aromatic carbocycles. The lowest BCUT2D eigenvalue weighted by atomic mass is 9.65. The Balaban J connectivity index is 1.66. The molecule has 1 saturated carbocycles. The van der Waals surface area contributed by atoms with Gasteiger partial charge in [-0.05, 0) is 42.7 Å². The van der Waals surface area contributed by atoms with E-state index in [2.05, 4.69) is 40.5 Å². The first kappa shape index (κ1) is 15.5. The number of H-pyrrole nitrogens is 1. The maximum Gasteiger partial charge on any atom is 0.343 e. The normalized spacial score (nSPS) is 15.9. The van der Waals surface area contributed by atoms with Crippen molar-refractivity contribution in [2.45, 2.75) is 32.6 Å². The molecule has 1 amide bonds. The van der Waals surface area contributed by atoms with Gasteiger partial charge in [0.15, 0.2) is 0 Å². The molecule has 0 bridgehead atoms. The van der Waals surface area contributed by atoms with Crippen molar-refractivity contribution in [1.29, 1.82) is 0 Å². The highest BCUT2D eigenvalue weighted by atomic mass is 16.2. The van der Waals surface area contributed by atoms with Crippen LogP contribution in [0.2, 0.25) is 0 Å². The fourth-order valence-electron chi connectivity index (χ4n) is 3.16. The van der Waals surface area contributed by atoms with E-state index in [1.165, 1.54) is 24.6 Å². The second-order valence-corrected chi connectivity index (χ2v) is 6.54. The maximum absolute atomic E-state index is 12.2. The van der Waals surface area contributed by atoms with Gasteiger partial charge in [-0.2, -0.15) is 0 Å². The van der Waals surface area contributed by atoms with Crippen LogP contribution in [0.15, 0.2) is 29.1 Å². The first-order valence-corrected chi connectivity index (χ1v) is 7.95. The summed E-state index contributed by atoms with van der Waals surface area (Å²) in [6, 6.07) is 8.39. The first-order chi connectivity index (χ1) is 11.0. The summed E-state index contributed by atoms with van der Waals surface area (Å²) in [4.78, 5) is 26.0. The molecule has 122 valence electrons. The SMILES string of the molecule is Cc1ccccc1CC1(CNC(=O)c2nn(C)c(=O)[nH]2)CCC1. The van der Waals surface area contributed by atoms with Gasteiger partial charge in [0.1, 0.15) is 0 Å². The molecule has 0 unspecified atom stereocenters. The lowest BCUT2D eigenvalue weighted by Crippen LogP contribution is -2.44. The highest BCUT2D eigenvalue weighted by Crippen LogP contribution is 2.43. The zero-order valence-corrected chi connectivity index (χ0v) is 13.6. The summed E-state index contributed by atoms with van der Waals surface area (Å²) in [6.07, 6.45) is 4.39. The number of rotatable bonds is 5. The van der Waals surface area contributed by atoms with Gasteiger partial charge in [0.25, 0.3) is 5.91 Å². The van der Waals surface area contributed by atoms with E-state index in [-0.39, 0.29) is 22.8 Å². The molecule has 1 aromatic heterocycles. The van der Waals surface area contributed by atoms with E-state index < -0.39 is 0 Å². The minimum Gasteiger partial charge on any atom is -0.349 e. The van der Waals surface area contributed by atoms with Crippen LogP contribution in [0, 0.1) is 12.3 Å². The number of aryl methyl sites for hydroxylation is 2. The summed E-state index contributed by atoms with van der Waals surface area (Å²) in [6.45, 7) is 2.73. The Kier molecular flexibility index (Phi) is 4.07. The highest BCUT2D eigenvalue weighted by Gasteiger charge is 2.37. The number of amides is 1. The summed E-state index contributed by atoms with van der Waals surface area (Å²) >= 11 is 0. The van der Waals surface area contributed by atoms with Crippen molar-refractivity contribution in [2.75, 3.05) is 6.54 Å². The van der Waals surface area contributed by atoms with Crippen LogP contribution >= 0.6 is 0 Å². The monoisotopic (exact) mass is 314 g/mol. The summed E-state index contributed by atoms with van der Waals surface area (Å²) in [7, 11) is 1.52. The number of hydrogen-bond acceptors (Lipinski definition) is 3. The zero-order chi connectivity index (χ0) is 16.4. The predicted molar refractivity (Wildman–Crippen MR) is 87.3 cm³/mol. The number of carbonyl (C=O) groups is 1. The quantitative estimate of drug-likeness (QED) is 0.879. The molecular weight excluding hydrogens is 292 g/mol. The molecule has 23 heavy (non-hydrogen) atoms. The topological polar surface area (TPSA) is 79.8 Å². The number of nitrogens with one attached hydrogen (secondary N) is 2. The number of nitrogens with zero attached hydrogens (tertiary/aromatic N) is 2. The molecule has 0 radical (unpaired) electrons. The highest BCUT2D eigenvalue weighted by molar-refractivity contribution is 5.90. The van der Waals surface area contributed by atoms with Gasteiger partial charge < -0.3 is 5.32 Å². The number of carbonyl (C=O) groups excluding carboxylic acids is 1. The maximum atomic E-state index is 12.2. The van der Waals surface area contributed by atoms with Crippen molar-refractivity contribution in [3.8, 4) is 0 Å². The van der Waals surface area contributed by atoms with Crippen LogP contribution in [-0.2, 0) is 13.5 Å². The van der Waals surface area contributed by atoms with E-state index in [1.54, 1.807) is 0 Å². The van der Waals surface area contributed by atoms with Crippen LogP contribution in [0.1, 0.15) is 41.0 Å². The smallest absolute Gasteiger partial charge is 0.343 e. The summed E-state index contributed by atoms with van der Waals surface area (Å²) in [5, 5.41) is 6.83. The van der Waals surface area contributed by atoms with Gasteiger partial charge in [0, 0.05) is 13.6 Å². The fraction of sp³-hybridized carbons (Fsp3) is 0.471. The van der Waals surface area contributed by atoms with Crippen molar-refractivity contribution >= 4 is 5.91 Å². The molecule has 6 heteroatoms. The van der Waals surface area contributed by atoms with Crippen LogP contribution in [0.4, 0.5) is 0 Å². The fourth-order valence-corrected chi connectivity index (χ4v) is 3.16. The van der Waals surface area contributed by atoms with Crippen molar-refractivity contribution in [2.24, 2.45) is 12.5 Å². The molecular formula is C17H22N4O2. The first-order valence-electron chi connectivity index (χ1n) is 7.95. The second-order valence-electron chi connectivity index (χ2n) is 6.54. The Morgan fingerprint density at radius 1 is 1.39 bits per heavy atom. The third-order valence-corrected chi connectivity index (χ3v) is 4.85. The molecule has 1 heterocycles. The Labute approximate surface area is 134 Å². The van der Waals surface area contributed by atoms with Gasteiger partial charge in [-0.15, -0.1) is 5.10 Å². The number of benzene rings is 1. The molecule has 2 N–H and O–H groups in total. The standard InChI is InChI=1S/C17H22N4O2/c1-12-6-3-4-7-13(12)10-17(8-5-9-17)11-18-15(22)14-19-16(23)21(2)20-14/h3-4,6-7H,5,8-11H2,1-2H3,(H,18,22)(H,19,20,23). The van der Waals surface area contributed by atoms with Gasteiger partial charge in [0.05, 0.1) is 0 Å². The van der Waals surface area contributed by atoms with Crippen molar-refractivity contribution in [1.82, 2.24) is 20.1 Å². The molecule has 1 aliphatic carbocycles. The van der Waals surface area contributed by atoms with E-state index in [9.17, 15) is 9.59 Å². The van der Waals surface area contributed by atoms with Crippen LogP contribution in [0.5, 0.6) is 0 Å². The number of aromatic nitrogens is 3. The van der Waals surface area contributed by atoms with E-state index in [4.69, 9.17) is 0 Å². The van der Waals surface area contributed by atoms with Gasteiger partial charge in [-0.25, -0.2) is 9.48 Å². The Morgan fingerprint density at radius 3 is 2.70 bits per heavy atom. The third-order valence-electron chi connectivity index (χ3n) is 4.85. The van der Waals surface area contributed by atoms with Crippen molar-refractivity contribution in [3.05, 3.63) is 51.7 Å². The predicted octanol–water partition coefficient (Wildman–Crippen LogP) is 1.56. The zero-order valence-electron chi connectivity index (χ0n) is 13.6. The molecule has 0 spiro atoms. The van der Waals surface area contributed by atoms with Gasteiger partial charge >= 0.3 is 5.69 Å². The van der Waals surface area contributed by atoms with Gasteiger partial charge in [-0.1, -0.05) is 30.7 Å². The second kappa shape index (κ2) is 6.02. The molecule has 3 rings (SSSR count). The molecule has 0 aliphatic heterocycles. The minimum atomic E-state index is -0.381. The lowest BCUT2D eigenvalue weighted by molar-refractivity contribution is 0.0849. The van der Waals surface area contributed by atoms with E-state index in [0.717, 1.165) is 23.9 Å². The molecule has 1 fully saturated rings. The summed E-state index contributed by atoms with van der Waals surface area (Å²) in [5.74, 6) is -0.248. The molecule has 6 nitrogen and oxygen atoms in total. The Morgan fingerprint density at radius 2 is 2.13 bits per heavy atom. The average Bonchev–Trinajstić information content (AvgIpc) is 2.83. The van der Waals surface area contributed by atoms with Crippen LogP contribution in [0.25, 0.3) is 0 Å². The number of aromatic amines is 1. The van der Waals surface area contributed by atoms with E-state index >= 15 is 0 Å². The molecule has 0 saturated heterocycles. The minimum absolute atomic E-state index is 0.0721. The summed E-state index contributed by atoms with van der Waals surface area (Å²) < 4.78 is 1.13. The Hall–Kier alpha value is -2.37. The van der Waals surface area contributed by atoms with Crippen LogP contribution in [0.3, 0.4) is 0 Å². The summed E-state index contributed by atoms with van der Waals surface area (Å²) in [5.41, 5.74) is 2.37. The van der Waals surface area contributed by atoms with E-state index in [1.807, 2.05) is 6.07 Å². The van der Waals surface area contributed by atoms with Crippen molar-refractivity contribution < 1.29 is 4.79 Å². The largest absolute Gasteiger partial charge is 0.349 e. The van der Waals surface area contributed by atoms with Gasteiger partial charge in [0.2, 0.25) is 5.82 Å². The third kappa shape index (κ3) is 3.21. The molecule has 2 aromatic rings. The Bertz CT molecular complexity index is 771. The average molecular weight is 314 g/mol. The van der Waals surface area contributed by atoms with Crippen molar-refractivity contribution in [3.63, 3.8) is 0 Å². The lowest BCUT2D eigenvalue weighted by Gasteiger charge is -2.42. The number of hydrogen-bond donors (Lipinski definition) is 2. The molecule has 1 aliphatic rings. The van der Waals surface area contributed by atoms with Gasteiger partial charge in [-0.3, -0.25) is 9.78 Å². The van der Waals surface area contributed by atoms with Crippen LogP contribution in [-0.4, -0.2) is 27.2 Å².